The van der Waals surface area contributed by atoms with Gasteiger partial charge in [0, 0.05) is 5.56 Å². The van der Waals surface area contributed by atoms with Crippen LogP contribution in [0.5, 0.6) is 0 Å². The van der Waals surface area contributed by atoms with E-state index in [1.807, 2.05) is 12.1 Å². The molecule has 1 amide bonds. The van der Waals surface area contributed by atoms with Crippen molar-refractivity contribution in [2.45, 2.75) is 58.8 Å². The summed E-state index contributed by atoms with van der Waals surface area (Å²) in [5, 5.41) is 0. The van der Waals surface area contributed by atoms with Crippen molar-refractivity contribution in [1.82, 2.24) is 0 Å². The standard InChI is InChI=1S/C30H42N2O2/c1-3-31(19-7-5-8-20-31)24-29(33)28-17-15-27(16-18-28)26-13-11-25(12-14-26)23-30(34)32(4-2)21-9-6-10-22-32/h11-18H,3-10,19-24H2,1-2H3/q+2. The van der Waals surface area contributed by atoms with Gasteiger partial charge in [-0.3, -0.25) is 9.28 Å². The first-order valence-corrected chi connectivity index (χ1v) is 13.5. The number of hydrogen-bond acceptors (Lipinski definition) is 2. The maximum Gasteiger partial charge on any atom is 0.318 e. The first-order valence-electron chi connectivity index (χ1n) is 13.5. The van der Waals surface area contributed by atoms with E-state index in [2.05, 4.69) is 50.2 Å². The van der Waals surface area contributed by atoms with E-state index in [0.717, 1.165) is 78.8 Å². The van der Waals surface area contributed by atoms with E-state index in [4.69, 9.17) is 0 Å². The molecule has 0 radical (unpaired) electrons. The quantitative estimate of drug-likeness (QED) is 0.375. The fraction of sp³-hybridized carbons (Fsp3) is 0.533. The fourth-order valence-electron chi connectivity index (χ4n) is 6.03. The summed E-state index contributed by atoms with van der Waals surface area (Å²) >= 11 is 0. The second-order valence-corrected chi connectivity index (χ2v) is 10.6. The number of carbonyl (C=O) groups is 2. The van der Waals surface area contributed by atoms with E-state index >= 15 is 0 Å². The van der Waals surface area contributed by atoms with Crippen molar-refractivity contribution in [2.24, 2.45) is 0 Å². The minimum atomic E-state index is 0.259. The van der Waals surface area contributed by atoms with E-state index in [-0.39, 0.29) is 5.78 Å². The molecule has 2 aromatic carbocycles. The highest BCUT2D eigenvalue weighted by Crippen LogP contribution is 2.25. The molecule has 2 aromatic rings. The summed E-state index contributed by atoms with van der Waals surface area (Å²) in [4.78, 5) is 26.1. The van der Waals surface area contributed by atoms with Crippen LogP contribution in [-0.2, 0) is 11.2 Å². The van der Waals surface area contributed by atoms with Crippen LogP contribution in [0.3, 0.4) is 0 Å². The van der Waals surface area contributed by atoms with Gasteiger partial charge in [0.25, 0.3) is 0 Å². The molecule has 2 aliphatic rings. The van der Waals surface area contributed by atoms with Gasteiger partial charge in [0.15, 0.2) is 0 Å². The minimum Gasteiger partial charge on any atom is -0.317 e. The van der Waals surface area contributed by atoms with Crippen molar-refractivity contribution in [3.63, 3.8) is 0 Å². The molecule has 2 fully saturated rings. The summed E-state index contributed by atoms with van der Waals surface area (Å²) in [5.41, 5.74) is 4.14. The normalized spacial score (nSPS) is 19.5. The number of hydrogen-bond donors (Lipinski definition) is 0. The van der Waals surface area contributed by atoms with Crippen molar-refractivity contribution in [3.8, 4) is 11.1 Å². The monoisotopic (exact) mass is 462 g/mol. The SMILES string of the molecule is CC[N+]1(CC(=O)c2ccc(-c3ccc(CC(=O)[N+]4(CC)CCCCC4)cc3)cc2)CCCCC1. The van der Waals surface area contributed by atoms with Gasteiger partial charge in [-0.1, -0.05) is 48.5 Å². The predicted molar refractivity (Wildman–Crippen MR) is 139 cm³/mol. The molecule has 34 heavy (non-hydrogen) atoms. The predicted octanol–water partition coefficient (Wildman–Crippen LogP) is 5.65. The molecule has 4 rings (SSSR count). The minimum absolute atomic E-state index is 0.259. The van der Waals surface area contributed by atoms with Crippen LogP contribution in [0.2, 0.25) is 0 Å². The van der Waals surface area contributed by atoms with Gasteiger partial charge in [0.05, 0.1) is 45.7 Å². The fourth-order valence-corrected chi connectivity index (χ4v) is 6.03. The lowest BCUT2D eigenvalue weighted by Crippen LogP contribution is -2.56. The molecule has 2 aliphatic heterocycles. The molecule has 4 nitrogen and oxygen atoms in total. The molecule has 0 unspecified atom stereocenters. The molecule has 0 saturated carbocycles. The molecule has 182 valence electrons. The number of likely N-dealkylation sites (N-methyl/N-ethyl adjacent to an activating group) is 2. The lowest BCUT2D eigenvalue weighted by Gasteiger charge is -2.40. The van der Waals surface area contributed by atoms with Gasteiger partial charge < -0.3 is 4.48 Å². The summed E-state index contributed by atoms with van der Waals surface area (Å²) in [5.74, 6) is 0.619. The van der Waals surface area contributed by atoms with Crippen LogP contribution in [0.25, 0.3) is 11.1 Å². The Morgan fingerprint density at radius 2 is 1.21 bits per heavy atom. The average Bonchev–Trinajstić information content (AvgIpc) is 2.90. The molecule has 0 aromatic heterocycles. The summed E-state index contributed by atoms with van der Waals surface area (Å²) in [6.07, 6.45) is 7.86. The molecule has 0 spiro atoms. The zero-order valence-corrected chi connectivity index (χ0v) is 21.2. The maximum absolute atomic E-state index is 13.1. The third kappa shape index (κ3) is 5.50. The Balaban J connectivity index is 1.39. The van der Waals surface area contributed by atoms with Crippen molar-refractivity contribution in [3.05, 3.63) is 59.7 Å². The number of Topliss-reactive ketones (excluding diaryl/α,β-unsaturated/α-hetero) is 1. The van der Waals surface area contributed by atoms with Crippen LogP contribution >= 0.6 is 0 Å². The summed E-state index contributed by atoms with van der Waals surface area (Å²) in [6, 6.07) is 16.5. The number of likely N-dealkylation sites (tertiary alicyclic amines) is 2. The largest absolute Gasteiger partial charge is 0.318 e. The smallest absolute Gasteiger partial charge is 0.317 e. The molecule has 0 aliphatic carbocycles. The summed E-state index contributed by atoms with van der Waals surface area (Å²) < 4.78 is 1.59. The third-order valence-electron chi connectivity index (χ3n) is 8.57. The van der Waals surface area contributed by atoms with Gasteiger partial charge in [0.1, 0.15) is 6.54 Å². The molecule has 2 heterocycles. The topological polar surface area (TPSA) is 34.1 Å². The van der Waals surface area contributed by atoms with Crippen LogP contribution < -0.4 is 0 Å². The number of piperidine rings is 2. The Kier molecular flexibility index (Phi) is 8.00. The Morgan fingerprint density at radius 1 is 0.676 bits per heavy atom. The van der Waals surface area contributed by atoms with Crippen molar-refractivity contribution in [2.75, 3.05) is 45.8 Å². The van der Waals surface area contributed by atoms with Crippen LogP contribution in [-0.4, -0.2) is 66.5 Å². The number of carbonyl (C=O) groups excluding carboxylic acids is 2. The van der Waals surface area contributed by atoms with Crippen molar-refractivity contribution >= 4 is 11.7 Å². The van der Waals surface area contributed by atoms with Crippen molar-refractivity contribution < 1.29 is 18.6 Å². The van der Waals surface area contributed by atoms with E-state index in [1.165, 1.54) is 25.7 Å². The summed E-state index contributed by atoms with van der Waals surface area (Å²) in [7, 11) is 0. The average molecular weight is 463 g/mol. The van der Waals surface area contributed by atoms with E-state index in [0.29, 0.717) is 23.4 Å². The first kappa shape index (κ1) is 24.8. The summed E-state index contributed by atoms with van der Waals surface area (Å²) in [6.45, 7) is 11.2. The van der Waals surface area contributed by atoms with Gasteiger partial charge in [0.2, 0.25) is 5.78 Å². The Bertz CT molecular complexity index is 966. The molecular weight excluding hydrogens is 420 g/mol. The number of quaternary nitrogens is 2. The number of benzene rings is 2. The Morgan fingerprint density at radius 3 is 1.74 bits per heavy atom. The van der Waals surface area contributed by atoms with Gasteiger partial charge in [-0.05, 0) is 69.1 Å². The van der Waals surface area contributed by atoms with Gasteiger partial charge >= 0.3 is 5.91 Å². The Labute approximate surface area is 205 Å². The molecule has 0 bridgehead atoms. The number of nitrogens with zero attached hydrogens (tertiary/aromatic N) is 2. The number of amides is 1. The van der Waals surface area contributed by atoms with E-state index in [1.54, 1.807) is 0 Å². The lowest BCUT2D eigenvalue weighted by molar-refractivity contribution is -0.923. The van der Waals surface area contributed by atoms with Gasteiger partial charge in [-0.25, -0.2) is 4.79 Å². The molecular formula is C30H42N2O2+2. The van der Waals surface area contributed by atoms with Crippen LogP contribution in [0.1, 0.15) is 68.3 Å². The highest BCUT2D eigenvalue weighted by atomic mass is 16.2. The maximum atomic E-state index is 13.1. The first-order chi connectivity index (χ1) is 16.5. The second-order valence-electron chi connectivity index (χ2n) is 10.6. The van der Waals surface area contributed by atoms with Crippen LogP contribution in [0, 0.1) is 0 Å². The van der Waals surface area contributed by atoms with Gasteiger partial charge in [-0.2, -0.15) is 0 Å². The zero-order chi connectivity index (χ0) is 24.0. The molecule has 4 heteroatoms. The molecule has 0 N–H and O–H groups in total. The van der Waals surface area contributed by atoms with E-state index < -0.39 is 0 Å². The van der Waals surface area contributed by atoms with Crippen LogP contribution in [0.15, 0.2) is 48.5 Å². The molecule has 2 saturated heterocycles. The second kappa shape index (κ2) is 11.0. The third-order valence-corrected chi connectivity index (χ3v) is 8.57. The molecule has 0 atom stereocenters. The lowest BCUT2D eigenvalue weighted by atomic mass is 9.99. The highest BCUT2D eigenvalue weighted by molar-refractivity contribution is 5.97. The number of ketones is 1. The number of rotatable bonds is 8. The van der Waals surface area contributed by atoms with Gasteiger partial charge in [-0.15, -0.1) is 0 Å². The zero-order valence-electron chi connectivity index (χ0n) is 21.2. The van der Waals surface area contributed by atoms with Crippen molar-refractivity contribution in [1.29, 1.82) is 0 Å². The highest BCUT2D eigenvalue weighted by Gasteiger charge is 2.36. The van der Waals surface area contributed by atoms with Crippen LogP contribution in [0.4, 0.5) is 0 Å². The Hall–Kier alpha value is -2.30. The van der Waals surface area contributed by atoms with E-state index in [9.17, 15) is 9.59 Å².